The first kappa shape index (κ1) is 10.5. The van der Waals surface area contributed by atoms with Crippen LogP contribution in [0.4, 0.5) is 5.82 Å². The van der Waals surface area contributed by atoms with Gasteiger partial charge in [-0.1, -0.05) is 0 Å². The lowest BCUT2D eigenvalue weighted by atomic mass is 10.3. The number of pyridine rings is 1. The van der Waals surface area contributed by atoms with Crippen LogP contribution in [-0.2, 0) is 6.54 Å². The SMILES string of the molecule is COc1ccc(C)nc1NCc1ccn[nH]1. The minimum atomic E-state index is 0.646. The standard InChI is InChI=1S/C11H14N4O/c1-8-3-4-10(16-2)11(14-8)12-7-9-5-6-13-15-9/h3-6H,7H2,1-2H3,(H,12,14)(H,13,15). The zero-order valence-corrected chi connectivity index (χ0v) is 9.32. The van der Waals surface area contributed by atoms with Gasteiger partial charge in [-0.2, -0.15) is 5.10 Å². The van der Waals surface area contributed by atoms with Gasteiger partial charge in [0.25, 0.3) is 0 Å². The average Bonchev–Trinajstić information content (AvgIpc) is 2.79. The van der Waals surface area contributed by atoms with E-state index in [9.17, 15) is 0 Å². The largest absolute Gasteiger partial charge is 0.493 e. The second kappa shape index (κ2) is 4.65. The fraction of sp³-hybridized carbons (Fsp3) is 0.273. The summed E-state index contributed by atoms with van der Waals surface area (Å²) in [6.45, 7) is 2.59. The zero-order valence-electron chi connectivity index (χ0n) is 9.32. The maximum Gasteiger partial charge on any atom is 0.169 e. The minimum absolute atomic E-state index is 0.646. The first-order valence-electron chi connectivity index (χ1n) is 5.03. The number of methoxy groups -OCH3 is 1. The van der Waals surface area contributed by atoms with Crippen molar-refractivity contribution in [2.45, 2.75) is 13.5 Å². The van der Waals surface area contributed by atoms with Crippen LogP contribution in [-0.4, -0.2) is 22.3 Å². The molecule has 2 N–H and O–H groups in total. The predicted octanol–water partition coefficient (Wildman–Crippen LogP) is 1.73. The molecule has 0 bridgehead atoms. The molecule has 0 spiro atoms. The number of ether oxygens (including phenoxy) is 1. The molecule has 0 atom stereocenters. The molecule has 2 rings (SSSR count). The third-order valence-corrected chi connectivity index (χ3v) is 2.22. The highest BCUT2D eigenvalue weighted by atomic mass is 16.5. The van der Waals surface area contributed by atoms with E-state index in [1.807, 2.05) is 25.1 Å². The highest BCUT2D eigenvalue weighted by molar-refractivity contribution is 5.50. The summed E-state index contributed by atoms with van der Waals surface area (Å²) >= 11 is 0. The number of aromatic amines is 1. The van der Waals surface area contributed by atoms with Gasteiger partial charge in [-0.15, -0.1) is 0 Å². The fourth-order valence-electron chi connectivity index (χ4n) is 1.40. The van der Waals surface area contributed by atoms with E-state index in [0.717, 1.165) is 23.0 Å². The Morgan fingerprint density at radius 3 is 2.94 bits per heavy atom. The summed E-state index contributed by atoms with van der Waals surface area (Å²) in [5.41, 5.74) is 1.96. The number of hydrogen-bond donors (Lipinski definition) is 2. The van der Waals surface area contributed by atoms with Crippen LogP contribution in [0.5, 0.6) is 5.75 Å². The van der Waals surface area contributed by atoms with E-state index in [1.165, 1.54) is 0 Å². The van der Waals surface area contributed by atoms with Gasteiger partial charge in [0, 0.05) is 11.9 Å². The Morgan fingerprint density at radius 2 is 2.25 bits per heavy atom. The van der Waals surface area contributed by atoms with Crippen LogP contribution >= 0.6 is 0 Å². The van der Waals surface area contributed by atoms with E-state index in [1.54, 1.807) is 13.3 Å². The zero-order chi connectivity index (χ0) is 11.4. The molecule has 0 amide bonds. The van der Waals surface area contributed by atoms with Crippen molar-refractivity contribution in [3.8, 4) is 5.75 Å². The van der Waals surface area contributed by atoms with Gasteiger partial charge in [0.2, 0.25) is 0 Å². The molecule has 5 nitrogen and oxygen atoms in total. The van der Waals surface area contributed by atoms with Crippen LogP contribution in [0.25, 0.3) is 0 Å². The number of anilines is 1. The van der Waals surface area contributed by atoms with Gasteiger partial charge in [0.1, 0.15) is 0 Å². The molecule has 84 valence electrons. The number of aromatic nitrogens is 3. The van der Waals surface area contributed by atoms with E-state index in [0.29, 0.717) is 6.54 Å². The quantitative estimate of drug-likeness (QED) is 0.820. The molecule has 0 fully saturated rings. The lowest BCUT2D eigenvalue weighted by molar-refractivity contribution is 0.414. The molecule has 0 unspecified atom stereocenters. The van der Waals surface area contributed by atoms with Crippen molar-refractivity contribution in [1.29, 1.82) is 0 Å². The molecule has 0 saturated heterocycles. The summed E-state index contributed by atoms with van der Waals surface area (Å²) in [6, 6.07) is 5.73. The summed E-state index contributed by atoms with van der Waals surface area (Å²) in [5, 5.41) is 9.96. The van der Waals surface area contributed by atoms with Crippen molar-refractivity contribution in [2.24, 2.45) is 0 Å². The predicted molar refractivity (Wildman–Crippen MR) is 61.4 cm³/mol. The molecular formula is C11H14N4O. The van der Waals surface area contributed by atoms with E-state index >= 15 is 0 Å². The van der Waals surface area contributed by atoms with Crippen LogP contribution in [0, 0.1) is 6.92 Å². The third-order valence-electron chi connectivity index (χ3n) is 2.22. The fourth-order valence-corrected chi connectivity index (χ4v) is 1.40. The maximum atomic E-state index is 5.22. The second-order valence-electron chi connectivity index (χ2n) is 3.44. The van der Waals surface area contributed by atoms with Crippen molar-refractivity contribution in [2.75, 3.05) is 12.4 Å². The molecule has 2 aromatic heterocycles. The Morgan fingerprint density at radius 1 is 1.38 bits per heavy atom. The Balaban J connectivity index is 2.11. The number of nitrogens with one attached hydrogen (secondary N) is 2. The highest BCUT2D eigenvalue weighted by Crippen LogP contribution is 2.21. The van der Waals surface area contributed by atoms with E-state index < -0.39 is 0 Å². The summed E-state index contributed by atoms with van der Waals surface area (Å²) in [7, 11) is 1.63. The van der Waals surface area contributed by atoms with Gasteiger partial charge in [-0.3, -0.25) is 5.10 Å². The number of aryl methyl sites for hydroxylation is 1. The van der Waals surface area contributed by atoms with Crippen molar-refractivity contribution < 1.29 is 4.74 Å². The molecule has 0 radical (unpaired) electrons. The molecule has 0 saturated carbocycles. The van der Waals surface area contributed by atoms with E-state index in [-0.39, 0.29) is 0 Å². The molecular weight excluding hydrogens is 204 g/mol. The smallest absolute Gasteiger partial charge is 0.169 e. The van der Waals surface area contributed by atoms with E-state index in [2.05, 4.69) is 20.5 Å². The van der Waals surface area contributed by atoms with Crippen LogP contribution in [0.3, 0.4) is 0 Å². The van der Waals surface area contributed by atoms with Crippen molar-refractivity contribution in [3.63, 3.8) is 0 Å². The van der Waals surface area contributed by atoms with Crippen LogP contribution < -0.4 is 10.1 Å². The molecule has 0 aliphatic rings. The summed E-state index contributed by atoms with van der Waals surface area (Å²) in [5.74, 6) is 1.49. The number of hydrogen-bond acceptors (Lipinski definition) is 4. The summed E-state index contributed by atoms with van der Waals surface area (Å²) in [6.07, 6.45) is 1.72. The molecule has 0 aromatic carbocycles. The Kier molecular flexibility index (Phi) is 3.05. The maximum absolute atomic E-state index is 5.22. The molecule has 2 aromatic rings. The number of nitrogens with zero attached hydrogens (tertiary/aromatic N) is 2. The summed E-state index contributed by atoms with van der Waals surface area (Å²) in [4.78, 5) is 4.37. The van der Waals surface area contributed by atoms with Crippen LogP contribution in [0.2, 0.25) is 0 Å². The van der Waals surface area contributed by atoms with Crippen molar-refractivity contribution >= 4 is 5.82 Å². The highest BCUT2D eigenvalue weighted by Gasteiger charge is 2.04. The molecule has 0 aliphatic heterocycles. The first-order chi connectivity index (χ1) is 7.79. The molecule has 0 aliphatic carbocycles. The summed E-state index contributed by atoms with van der Waals surface area (Å²) < 4.78 is 5.22. The lowest BCUT2D eigenvalue weighted by Crippen LogP contribution is -2.04. The molecule has 2 heterocycles. The van der Waals surface area contributed by atoms with Crippen molar-refractivity contribution in [3.05, 3.63) is 35.8 Å². The Bertz CT molecular complexity index is 453. The number of rotatable bonds is 4. The molecule has 5 heteroatoms. The minimum Gasteiger partial charge on any atom is -0.493 e. The first-order valence-corrected chi connectivity index (χ1v) is 5.03. The van der Waals surface area contributed by atoms with Gasteiger partial charge in [-0.25, -0.2) is 4.98 Å². The van der Waals surface area contributed by atoms with Crippen LogP contribution in [0.15, 0.2) is 24.4 Å². The Hall–Kier alpha value is -2.04. The molecule has 16 heavy (non-hydrogen) atoms. The topological polar surface area (TPSA) is 62.8 Å². The lowest BCUT2D eigenvalue weighted by Gasteiger charge is -2.09. The Labute approximate surface area is 93.9 Å². The normalized spacial score (nSPS) is 10.1. The monoisotopic (exact) mass is 218 g/mol. The van der Waals surface area contributed by atoms with Gasteiger partial charge >= 0.3 is 0 Å². The number of H-pyrrole nitrogens is 1. The third kappa shape index (κ3) is 2.31. The van der Waals surface area contributed by atoms with Crippen LogP contribution in [0.1, 0.15) is 11.4 Å². The van der Waals surface area contributed by atoms with Gasteiger partial charge in [-0.05, 0) is 25.1 Å². The van der Waals surface area contributed by atoms with Gasteiger partial charge in [0.05, 0.1) is 19.3 Å². The van der Waals surface area contributed by atoms with Gasteiger partial charge < -0.3 is 10.1 Å². The second-order valence-corrected chi connectivity index (χ2v) is 3.44. The average molecular weight is 218 g/mol. The van der Waals surface area contributed by atoms with Gasteiger partial charge in [0.15, 0.2) is 11.6 Å². The van der Waals surface area contributed by atoms with Crippen molar-refractivity contribution in [1.82, 2.24) is 15.2 Å². The van der Waals surface area contributed by atoms with E-state index in [4.69, 9.17) is 4.74 Å².